The number of likely N-dealkylation sites (tertiary alicyclic amines) is 1. The number of nitrogens with zero attached hydrogens (tertiary/aromatic N) is 3. The van der Waals surface area contributed by atoms with Gasteiger partial charge in [0, 0.05) is 43.2 Å². The number of anilines is 1. The molecular weight excluding hydrogens is 398 g/mol. The molecule has 170 valence electrons. The molecule has 2 aromatic carbocycles. The molecule has 0 radical (unpaired) electrons. The van der Waals surface area contributed by atoms with Gasteiger partial charge in [0.05, 0.1) is 0 Å². The summed E-state index contributed by atoms with van der Waals surface area (Å²) in [5.41, 5.74) is 2.48. The van der Waals surface area contributed by atoms with Crippen LogP contribution in [0.3, 0.4) is 0 Å². The smallest absolute Gasteiger partial charge is 0.227 e. The van der Waals surface area contributed by atoms with Crippen LogP contribution in [0.1, 0.15) is 43.6 Å². The molecule has 2 aliphatic heterocycles. The Labute approximate surface area is 191 Å². The minimum atomic E-state index is 0.227. The van der Waals surface area contributed by atoms with Gasteiger partial charge in [-0.15, -0.1) is 0 Å². The van der Waals surface area contributed by atoms with Crippen molar-refractivity contribution in [3.63, 3.8) is 0 Å². The molecular formula is C27H35N3O2. The first-order chi connectivity index (χ1) is 15.7. The van der Waals surface area contributed by atoms with Crippen molar-refractivity contribution < 1.29 is 9.53 Å². The second-order valence-corrected chi connectivity index (χ2v) is 9.55. The largest absolute Gasteiger partial charge is 0.492 e. The van der Waals surface area contributed by atoms with Gasteiger partial charge in [-0.25, -0.2) is 0 Å². The lowest BCUT2D eigenvalue weighted by atomic mass is 10.0. The van der Waals surface area contributed by atoms with E-state index in [0.717, 1.165) is 56.0 Å². The van der Waals surface area contributed by atoms with Crippen molar-refractivity contribution in [3.8, 4) is 5.75 Å². The number of carbonyl (C=O) groups is 1. The third kappa shape index (κ3) is 4.84. The van der Waals surface area contributed by atoms with Crippen molar-refractivity contribution in [1.82, 2.24) is 9.80 Å². The average molecular weight is 434 g/mol. The molecule has 2 heterocycles. The highest BCUT2D eigenvalue weighted by molar-refractivity contribution is 5.95. The lowest BCUT2D eigenvalue weighted by Crippen LogP contribution is -2.45. The van der Waals surface area contributed by atoms with Crippen LogP contribution < -0.4 is 9.64 Å². The zero-order valence-corrected chi connectivity index (χ0v) is 19.2. The molecule has 1 amide bonds. The zero-order valence-electron chi connectivity index (χ0n) is 19.2. The van der Waals surface area contributed by atoms with E-state index in [1.165, 1.54) is 24.8 Å². The molecule has 0 N–H and O–H groups in total. The molecule has 0 spiro atoms. The maximum atomic E-state index is 11.9. The molecule has 2 atom stereocenters. The van der Waals surface area contributed by atoms with Crippen LogP contribution in [-0.4, -0.2) is 67.6 Å². The Morgan fingerprint density at radius 1 is 1.00 bits per heavy atom. The van der Waals surface area contributed by atoms with Crippen LogP contribution in [-0.2, 0) is 4.79 Å². The number of amides is 1. The summed E-state index contributed by atoms with van der Waals surface area (Å²) in [6.07, 6.45) is 5.41. The van der Waals surface area contributed by atoms with Crippen molar-refractivity contribution >= 4 is 11.6 Å². The Balaban J connectivity index is 1.02. The zero-order chi connectivity index (χ0) is 21.9. The predicted octanol–water partition coefficient (Wildman–Crippen LogP) is 4.14. The van der Waals surface area contributed by atoms with E-state index in [1.54, 1.807) is 0 Å². The van der Waals surface area contributed by atoms with E-state index in [9.17, 15) is 4.79 Å². The Hall–Kier alpha value is -2.37. The minimum Gasteiger partial charge on any atom is -0.492 e. The lowest BCUT2D eigenvalue weighted by Gasteiger charge is -2.37. The first kappa shape index (κ1) is 21.5. The maximum absolute atomic E-state index is 11.9. The highest BCUT2D eigenvalue weighted by atomic mass is 16.5. The normalized spacial score (nSPS) is 24.3. The van der Waals surface area contributed by atoms with E-state index in [-0.39, 0.29) is 5.91 Å². The standard InChI is InChI=1S/C27H35N3O2/c1-28(26-20-25(26)21-6-3-2-4-7-21)22-13-16-29(17-14-22)18-19-32-24-11-9-23(10-12-24)30-15-5-8-27(30)31/h2-4,6-7,9-12,22,25-26H,5,8,13-20H2,1H3/t25?,26-/m1/s1. The fraction of sp³-hybridized carbons (Fsp3) is 0.519. The molecule has 5 rings (SSSR count). The SMILES string of the molecule is CN(C1CCN(CCOc2ccc(N3CCCC3=O)cc2)CC1)[C@@H]1CC1c1ccccc1. The first-order valence-electron chi connectivity index (χ1n) is 12.2. The van der Waals surface area contributed by atoms with Gasteiger partial charge in [-0.05, 0) is 75.6 Å². The van der Waals surface area contributed by atoms with Gasteiger partial charge in [0.15, 0.2) is 0 Å². The van der Waals surface area contributed by atoms with E-state index in [1.807, 2.05) is 29.2 Å². The number of rotatable bonds is 8. The molecule has 0 bridgehead atoms. The summed E-state index contributed by atoms with van der Waals surface area (Å²) in [7, 11) is 2.33. The highest BCUT2D eigenvalue weighted by Crippen LogP contribution is 2.45. The third-order valence-electron chi connectivity index (χ3n) is 7.54. The van der Waals surface area contributed by atoms with Crippen LogP contribution >= 0.6 is 0 Å². The minimum absolute atomic E-state index is 0.227. The number of ether oxygens (including phenoxy) is 1. The second kappa shape index (κ2) is 9.63. The molecule has 1 unspecified atom stereocenters. The fourth-order valence-corrected chi connectivity index (χ4v) is 5.45. The van der Waals surface area contributed by atoms with Gasteiger partial charge in [-0.2, -0.15) is 0 Å². The number of hydrogen-bond acceptors (Lipinski definition) is 4. The van der Waals surface area contributed by atoms with Gasteiger partial charge < -0.3 is 9.64 Å². The van der Waals surface area contributed by atoms with E-state index in [2.05, 4.69) is 47.2 Å². The van der Waals surface area contributed by atoms with E-state index >= 15 is 0 Å². The van der Waals surface area contributed by atoms with Crippen LogP contribution in [0.5, 0.6) is 5.75 Å². The average Bonchev–Trinajstić information content (AvgIpc) is 3.53. The van der Waals surface area contributed by atoms with Crippen LogP contribution in [0.2, 0.25) is 0 Å². The third-order valence-corrected chi connectivity index (χ3v) is 7.54. The number of carbonyl (C=O) groups excluding carboxylic acids is 1. The Morgan fingerprint density at radius 3 is 2.44 bits per heavy atom. The van der Waals surface area contributed by atoms with Crippen LogP contribution in [0.4, 0.5) is 5.69 Å². The maximum Gasteiger partial charge on any atom is 0.227 e. The van der Waals surface area contributed by atoms with Crippen LogP contribution in [0, 0.1) is 0 Å². The van der Waals surface area contributed by atoms with Gasteiger partial charge in [-0.1, -0.05) is 30.3 Å². The summed E-state index contributed by atoms with van der Waals surface area (Å²) < 4.78 is 5.98. The molecule has 2 saturated heterocycles. The first-order valence-corrected chi connectivity index (χ1v) is 12.2. The number of hydrogen-bond donors (Lipinski definition) is 0. The summed E-state index contributed by atoms with van der Waals surface area (Å²) in [4.78, 5) is 18.9. The van der Waals surface area contributed by atoms with Gasteiger partial charge in [0.25, 0.3) is 0 Å². The van der Waals surface area contributed by atoms with E-state index in [0.29, 0.717) is 19.1 Å². The summed E-state index contributed by atoms with van der Waals surface area (Å²) in [6.45, 7) is 4.81. The Kier molecular flexibility index (Phi) is 6.47. The summed E-state index contributed by atoms with van der Waals surface area (Å²) in [6, 6.07) is 20.4. The highest BCUT2D eigenvalue weighted by Gasteiger charge is 2.43. The Bertz CT molecular complexity index is 893. The van der Waals surface area contributed by atoms with Crippen molar-refractivity contribution in [3.05, 3.63) is 60.2 Å². The number of piperidine rings is 1. The van der Waals surface area contributed by atoms with Gasteiger partial charge >= 0.3 is 0 Å². The number of benzene rings is 2. The quantitative estimate of drug-likeness (QED) is 0.627. The molecule has 5 nitrogen and oxygen atoms in total. The summed E-state index contributed by atoms with van der Waals surface area (Å²) >= 11 is 0. The van der Waals surface area contributed by atoms with Crippen molar-refractivity contribution in [2.75, 3.05) is 44.7 Å². The monoisotopic (exact) mass is 433 g/mol. The molecule has 32 heavy (non-hydrogen) atoms. The molecule has 2 aromatic rings. The fourth-order valence-electron chi connectivity index (χ4n) is 5.45. The molecule has 1 aliphatic carbocycles. The molecule has 3 fully saturated rings. The lowest BCUT2D eigenvalue weighted by molar-refractivity contribution is -0.117. The van der Waals surface area contributed by atoms with Crippen molar-refractivity contribution in [2.24, 2.45) is 0 Å². The predicted molar refractivity (Wildman–Crippen MR) is 128 cm³/mol. The van der Waals surface area contributed by atoms with Crippen molar-refractivity contribution in [1.29, 1.82) is 0 Å². The summed E-state index contributed by atoms with van der Waals surface area (Å²) in [5, 5.41) is 0. The van der Waals surface area contributed by atoms with Crippen LogP contribution in [0.15, 0.2) is 54.6 Å². The molecule has 1 saturated carbocycles. The van der Waals surface area contributed by atoms with Crippen molar-refractivity contribution in [2.45, 2.75) is 50.1 Å². The number of likely N-dealkylation sites (N-methyl/N-ethyl adjacent to an activating group) is 1. The molecule has 5 heteroatoms. The molecule has 3 aliphatic rings. The second-order valence-electron chi connectivity index (χ2n) is 9.55. The summed E-state index contributed by atoms with van der Waals surface area (Å²) in [5.74, 6) is 1.84. The van der Waals surface area contributed by atoms with Crippen LogP contribution in [0.25, 0.3) is 0 Å². The van der Waals surface area contributed by atoms with Gasteiger partial charge in [0.2, 0.25) is 5.91 Å². The van der Waals surface area contributed by atoms with E-state index in [4.69, 9.17) is 4.74 Å². The van der Waals surface area contributed by atoms with Gasteiger partial charge in [-0.3, -0.25) is 14.6 Å². The molecule has 0 aromatic heterocycles. The topological polar surface area (TPSA) is 36.0 Å². The van der Waals surface area contributed by atoms with Gasteiger partial charge in [0.1, 0.15) is 12.4 Å². The Morgan fingerprint density at radius 2 is 1.75 bits per heavy atom. The van der Waals surface area contributed by atoms with E-state index < -0.39 is 0 Å².